The molecule has 0 radical (unpaired) electrons. The molecule has 0 atom stereocenters. The number of para-hydroxylation sites is 1. The first-order valence-electron chi connectivity index (χ1n) is 10.2. The van der Waals surface area contributed by atoms with Crippen LogP contribution in [0.15, 0.2) is 54.6 Å². The second-order valence-electron chi connectivity index (χ2n) is 7.91. The van der Waals surface area contributed by atoms with Gasteiger partial charge < -0.3 is 5.32 Å². The van der Waals surface area contributed by atoms with Gasteiger partial charge in [0.2, 0.25) is 0 Å². The third kappa shape index (κ3) is 4.80. The van der Waals surface area contributed by atoms with Gasteiger partial charge >= 0.3 is 0 Å². The van der Waals surface area contributed by atoms with E-state index in [2.05, 4.69) is 59.5 Å². The summed E-state index contributed by atoms with van der Waals surface area (Å²) in [5.41, 5.74) is 2.90. The number of hydrogen-bond acceptors (Lipinski definition) is 3. The summed E-state index contributed by atoms with van der Waals surface area (Å²) < 4.78 is 1.94. The van der Waals surface area contributed by atoms with Crippen LogP contribution in [-0.4, -0.2) is 39.7 Å². The fraction of sp³-hybridized carbons (Fsp3) is 0.391. The van der Waals surface area contributed by atoms with Gasteiger partial charge in [0.05, 0.1) is 5.52 Å². The number of rotatable bonds is 5. The molecule has 1 aliphatic heterocycles. The minimum absolute atomic E-state index is 0. The molecule has 1 fully saturated rings. The number of nitrogens with zero attached hydrogens (tertiary/aromatic N) is 3. The van der Waals surface area contributed by atoms with E-state index in [1.807, 2.05) is 28.9 Å². The van der Waals surface area contributed by atoms with Gasteiger partial charge in [-0.15, -0.1) is 12.4 Å². The molecule has 1 aromatic heterocycles. The first-order chi connectivity index (χ1) is 13.6. The first kappa shape index (κ1) is 21.3. The number of benzene rings is 2. The zero-order valence-electron chi connectivity index (χ0n) is 17.0. The molecule has 5 nitrogen and oxygen atoms in total. The molecule has 0 spiro atoms. The van der Waals surface area contributed by atoms with E-state index >= 15 is 0 Å². The number of carbonyl (C=O) groups excluding carboxylic acids is 1. The number of fused-ring (bicyclic) bond motifs is 1. The molecule has 1 N–H and O–H groups in total. The van der Waals surface area contributed by atoms with Crippen LogP contribution in [0.1, 0.15) is 48.8 Å². The number of halogens is 1. The number of likely N-dealkylation sites (tertiary alicyclic amines) is 1. The van der Waals surface area contributed by atoms with Crippen molar-refractivity contribution in [2.45, 2.75) is 45.3 Å². The van der Waals surface area contributed by atoms with Crippen LogP contribution in [0.25, 0.3) is 10.9 Å². The van der Waals surface area contributed by atoms with E-state index in [1.54, 1.807) is 0 Å². The van der Waals surface area contributed by atoms with E-state index in [0.717, 1.165) is 43.4 Å². The van der Waals surface area contributed by atoms with Crippen molar-refractivity contribution in [1.29, 1.82) is 0 Å². The van der Waals surface area contributed by atoms with Gasteiger partial charge in [0.1, 0.15) is 0 Å². The molecule has 4 rings (SSSR count). The Morgan fingerprint density at radius 3 is 2.41 bits per heavy atom. The summed E-state index contributed by atoms with van der Waals surface area (Å²) in [7, 11) is 0. The van der Waals surface area contributed by atoms with Gasteiger partial charge in [0.15, 0.2) is 5.69 Å². The van der Waals surface area contributed by atoms with E-state index in [0.29, 0.717) is 5.69 Å². The van der Waals surface area contributed by atoms with Crippen LogP contribution in [0, 0.1) is 0 Å². The summed E-state index contributed by atoms with van der Waals surface area (Å²) >= 11 is 0. The van der Waals surface area contributed by atoms with Gasteiger partial charge in [-0.3, -0.25) is 14.4 Å². The van der Waals surface area contributed by atoms with Crippen LogP contribution < -0.4 is 5.32 Å². The van der Waals surface area contributed by atoms with Crippen molar-refractivity contribution >= 4 is 29.2 Å². The largest absolute Gasteiger partial charge is 0.348 e. The summed E-state index contributed by atoms with van der Waals surface area (Å²) in [6.45, 7) is 7.15. The van der Waals surface area contributed by atoms with Gasteiger partial charge in [0.25, 0.3) is 5.91 Å². The molecule has 0 aliphatic carbocycles. The molecule has 1 aliphatic rings. The summed E-state index contributed by atoms with van der Waals surface area (Å²) in [6.07, 6.45) is 1.95. The highest BCUT2D eigenvalue weighted by Gasteiger charge is 2.24. The highest BCUT2D eigenvalue weighted by Crippen LogP contribution is 2.22. The smallest absolute Gasteiger partial charge is 0.272 e. The number of hydrogen-bond donors (Lipinski definition) is 1. The Morgan fingerprint density at radius 2 is 1.72 bits per heavy atom. The lowest BCUT2D eigenvalue weighted by molar-refractivity contribution is 0.0904. The summed E-state index contributed by atoms with van der Waals surface area (Å²) in [6, 6.07) is 19.0. The van der Waals surface area contributed by atoms with Gasteiger partial charge in [-0.1, -0.05) is 48.5 Å². The maximum atomic E-state index is 12.9. The molecule has 0 unspecified atom stereocenters. The van der Waals surface area contributed by atoms with Crippen molar-refractivity contribution in [3.8, 4) is 0 Å². The second-order valence-corrected chi connectivity index (χ2v) is 7.91. The first-order valence-corrected chi connectivity index (χ1v) is 10.2. The number of amides is 1. The summed E-state index contributed by atoms with van der Waals surface area (Å²) in [5.74, 6) is -0.0582. The van der Waals surface area contributed by atoms with Crippen molar-refractivity contribution in [3.05, 3.63) is 65.9 Å². The Kier molecular flexibility index (Phi) is 6.93. The van der Waals surface area contributed by atoms with Crippen molar-refractivity contribution < 1.29 is 4.79 Å². The van der Waals surface area contributed by atoms with E-state index < -0.39 is 0 Å². The van der Waals surface area contributed by atoms with Crippen LogP contribution in [-0.2, 0) is 6.54 Å². The molecule has 2 aromatic carbocycles. The number of carbonyl (C=O) groups is 1. The van der Waals surface area contributed by atoms with Crippen molar-refractivity contribution in [2.75, 3.05) is 13.1 Å². The molecule has 1 saturated heterocycles. The maximum Gasteiger partial charge on any atom is 0.272 e. The lowest BCUT2D eigenvalue weighted by atomic mass is 10.0. The van der Waals surface area contributed by atoms with Crippen LogP contribution in [0.2, 0.25) is 0 Å². The van der Waals surface area contributed by atoms with Gasteiger partial charge in [-0.25, -0.2) is 0 Å². The van der Waals surface area contributed by atoms with Crippen molar-refractivity contribution in [1.82, 2.24) is 20.0 Å². The van der Waals surface area contributed by atoms with Gasteiger partial charge in [-0.2, -0.15) is 5.10 Å². The Labute approximate surface area is 178 Å². The fourth-order valence-corrected chi connectivity index (χ4v) is 3.98. The Hall–Kier alpha value is -2.37. The molecular formula is C23H29ClN4O. The van der Waals surface area contributed by atoms with Crippen molar-refractivity contribution in [2.24, 2.45) is 0 Å². The van der Waals surface area contributed by atoms with Crippen LogP contribution >= 0.6 is 12.4 Å². The average Bonchev–Trinajstić information content (AvgIpc) is 3.10. The molecule has 0 saturated carbocycles. The molecule has 154 valence electrons. The normalized spacial score (nSPS) is 15.4. The van der Waals surface area contributed by atoms with Crippen LogP contribution in [0.4, 0.5) is 0 Å². The molecule has 1 amide bonds. The minimum Gasteiger partial charge on any atom is -0.348 e. The Morgan fingerprint density at radius 1 is 1.07 bits per heavy atom. The summed E-state index contributed by atoms with van der Waals surface area (Å²) in [5, 5.41) is 8.77. The SMILES string of the molecule is CC(C)n1nc(C(=O)NC2CCN(Cc3ccccc3)CC2)c2ccccc21.Cl. The molecule has 2 heterocycles. The fourth-order valence-electron chi connectivity index (χ4n) is 3.98. The maximum absolute atomic E-state index is 12.9. The predicted octanol–water partition coefficient (Wildman–Crippen LogP) is 4.43. The molecular weight excluding hydrogens is 384 g/mol. The third-order valence-electron chi connectivity index (χ3n) is 5.49. The van der Waals surface area contributed by atoms with Crippen molar-refractivity contribution in [3.63, 3.8) is 0 Å². The number of nitrogens with one attached hydrogen (secondary N) is 1. The number of piperidine rings is 1. The topological polar surface area (TPSA) is 50.2 Å². The highest BCUT2D eigenvalue weighted by atomic mass is 35.5. The highest BCUT2D eigenvalue weighted by molar-refractivity contribution is 6.05. The van der Waals surface area contributed by atoms with E-state index in [1.165, 1.54) is 5.56 Å². The predicted molar refractivity (Wildman–Crippen MR) is 120 cm³/mol. The quantitative estimate of drug-likeness (QED) is 0.674. The minimum atomic E-state index is -0.0582. The molecule has 29 heavy (non-hydrogen) atoms. The van der Waals surface area contributed by atoms with Gasteiger partial charge in [-0.05, 0) is 38.3 Å². The Balaban J connectivity index is 0.00000240. The average molecular weight is 413 g/mol. The van der Waals surface area contributed by atoms with E-state index in [-0.39, 0.29) is 30.4 Å². The Bertz CT molecular complexity index is 946. The summed E-state index contributed by atoms with van der Waals surface area (Å²) in [4.78, 5) is 15.4. The number of aromatic nitrogens is 2. The standard InChI is InChI=1S/C23H28N4O.ClH/c1-17(2)27-21-11-7-6-10-20(21)22(25-27)23(28)24-19-12-14-26(15-13-19)16-18-8-4-3-5-9-18;/h3-11,17,19H,12-16H2,1-2H3,(H,24,28);1H. The van der Waals surface area contributed by atoms with E-state index in [4.69, 9.17) is 0 Å². The zero-order valence-corrected chi connectivity index (χ0v) is 17.9. The van der Waals surface area contributed by atoms with E-state index in [9.17, 15) is 4.79 Å². The monoisotopic (exact) mass is 412 g/mol. The van der Waals surface area contributed by atoms with Gasteiger partial charge in [0, 0.05) is 37.1 Å². The third-order valence-corrected chi connectivity index (χ3v) is 5.49. The molecule has 0 bridgehead atoms. The molecule has 6 heteroatoms. The lowest BCUT2D eigenvalue weighted by Gasteiger charge is -2.32. The second kappa shape index (κ2) is 9.42. The lowest BCUT2D eigenvalue weighted by Crippen LogP contribution is -2.44. The zero-order chi connectivity index (χ0) is 19.5. The molecule has 3 aromatic rings. The van der Waals surface area contributed by atoms with Crippen LogP contribution in [0.3, 0.4) is 0 Å². The van der Waals surface area contributed by atoms with Crippen LogP contribution in [0.5, 0.6) is 0 Å².